The van der Waals surface area contributed by atoms with Crippen molar-refractivity contribution >= 4 is 23.7 Å². The van der Waals surface area contributed by atoms with E-state index in [1.807, 2.05) is 30.3 Å². The molecule has 0 saturated carbocycles. The number of hydrogen-bond donors (Lipinski definition) is 2. The number of benzene rings is 1. The molecular weight excluding hydrogens is 236 g/mol. The van der Waals surface area contributed by atoms with Crippen LogP contribution < -0.4 is 10.6 Å². The van der Waals surface area contributed by atoms with Crippen molar-refractivity contribution in [3.63, 3.8) is 0 Å². The lowest BCUT2D eigenvalue weighted by molar-refractivity contribution is -0.122. The Hall–Kier alpha value is -1.49. The summed E-state index contributed by atoms with van der Waals surface area (Å²) in [6, 6.07) is 9.63. The fraction of sp³-hybridized carbons (Fsp3) is 0.333. The number of imide groups is 1. The van der Waals surface area contributed by atoms with Crippen molar-refractivity contribution in [3.05, 3.63) is 35.9 Å². The Kier molecular flexibility index (Phi) is 3.38. The van der Waals surface area contributed by atoms with E-state index in [1.54, 1.807) is 18.7 Å². The number of carbonyl (C=O) groups is 2. The largest absolute Gasteiger partial charge is 0.323 e. The molecule has 0 aliphatic carbocycles. The summed E-state index contributed by atoms with van der Waals surface area (Å²) in [7, 11) is 0. The molecule has 4 nitrogen and oxygen atoms in total. The maximum atomic E-state index is 11.5. The standard InChI is InChI=1S/C12H14N2O2S/c1-12(10(15)13-11(16)14-12)8-17-7-9-5-3-2-4-6-9/h2-6H,7-8H2,1H3,(H2,13,14,15,16)/t12-/m0/s1. The molecule has 1 atom stereocenters. The van der Waals surface area contributed by atoms with Gasteiger partial charge in [0, 0.05) is 11.5 Å². The van der Waals surface area contributed by atoms with E-state index in [0.29, 0.717) is 5.75 Å². The van der Waals surface area contributed by atoms with Crippen molar-refractivity contribution in [1.82, 2.24) is 10.6 Å². The van der Waals surface area contributed by atoms with Crippen molar-refractivity contribution in [2.24, 2.45) is 0 Å². The zero-order valence-corrected chi connectivity index (χ0v) is 10.3. The number of amides is 3. The number of hydrogen-bond acceptors (Lipinski definition) is 3. The molecule has 0 aromatic heterocycles. The Morgan fingerprint density at radius 2 is 1.94 bits per heavy atom. The van der Waals surface area contributed by atoms with E-state index in [2.05, 4.69) is 10.6 Å². The van der Waals surface area contributed by atoms with Crippen molar-refractivity contribution < 1.29 is 9.59 Å². The van der Waals surface area contributed by atoms with Crippen LogP contribution in [0.1, 0.15) is 12.5 Å². The number of carbonyl (C=O) groups excluding carboxylic acids is 2. The molecule has 2 rings (SSSR count). The van der Waals surface area contributed by atoms with Crippen LogP contribution in [0, 0.1) is 0 Å². The third-order valence-electron chi connectivity index (χ3n) is 2.62. The highest BCUT2D eigenvalue weighted by Gasteiger charge is 2.41. The van der Waals surface area contributed by atoms with Crippen LogP contribution in [0.5, 0.6) is 0 Å². The first kappa shape index (κ1) is 12.0. The van der Waals surface area contributed by atoms with Gasteiger partial charge in [0.1, 0.15) is 5.54 Å². The smallest absolute Gasteiger partial charge is 0.322 e. The van der Waals surface area contributed by atoms with Crippen LogP contribution in [0.15, 0.2) is 30.3 Å². The van der Waals surface area contributed by atoms with Gasteiger partial charge in [-0.2, -0.15) is 11.8 Å². The summed E-state index contributed by atoms with van der Waals surface area (Å²) < 4.78 is 0. The van der Waals surface area contributed by atoms with Crippen LogP contribution in [0.25, 0.3) is 0 Å². The van der Waals surface area contributed by atoms with E-state index >= 15 is 0 Å². The first-order chi connectivity index (χ1) is 8.10. The fourth-order valence-electron chi connectivity index (χ4n) is 1.63. The minimum Gasteiger partial charge on any atom is -0.323 e. The second-order valence-electron chi connectivity index (χ2n) is 4.22. The first-order valence-electron chi connectivity index (χ1n) is 5.35. The van der Waals surface area contributed by atoms with Crippen molar-refractivity contribution in [3.8, 4) is 0 Å². The molecule has 0 bridgehead atoms. The lowest BCUT2D eigenvalue weighted by atomic mass is 10.1. The predicted octanol–water partition coefficient (Wildman–Crippen LogP) is 1.52. The molecule has 0 unspecified atom stereocenters. The van der Waals surface area contributed by atoms with Crippen molar-refractivity contribution in [2.45, 2.75) is 18.2 Å². The van der Waals surface area contributed by atoms with Gasteiger partial charge in [-0.25, -0.2) is 4.79 Å². The molecule has 17 heavy (non-hydrogen) atoms. The summed E-state index contributed by atoms with van der Waals surface area (Å²) >= 11 is 1.63. The first-order valence-corrected chi connectivity index (χ1v) is 6.51. The molecule has 1 fully saturated rings. The van der Waals surface area contributed by atoms with Crippen molar-refractivity contribution in [1.29, 1.82) is 0 Å². The Morgan fingerprint density at radius 1 is 1.24 bits per heavy atom. The predicted molar refractivity (Wildman–Crippen MR) is 67.7 cm³/mol. The Labute approximate surface area is 104 Å². The van der Waals surface area contributed by atoms with E-state index in [9.17, 15) is 9.59 Å². The number of nitrogens with one attached hydrogen (secondary N) is 2. The van der Waals surface area contributed by atoms with Gasteiger partial charge in [-0.05, 0) is 12.5 Å². The van der Waals surface area contributed by atoms with Gasteiger partial charge in [-0.3, -0.25) is 10.1 Å². The minimum absolute atomic E-state index is 0.247. The highest BCUT2D eigenvalue weighted by Crippen LogP contribution is 2.20. The van der Waals surface area contributed by atoms with Crippen molar-refractivity contribution in [2.75, 3.05) is 5.75 Å². The van der Waals surface area contributed by atoms with E-state index in [-0.39, 0.29) is 5.91 Å². The van der Waals surface area contributed by atoms with Gasteiger partial charge >= 0.3 is 6.03 Å². The van der Waals surface area contributed by atoms with Gasteiger partial charge in [-0.1, -0.05) is 30.3 Å². The van der Waals surface area contributed by atoms with Crippen LogP contribution in [0.3, 0.4) is 0 Å². The van der Waals surface area contributed by atoms with E-state index in [0.717, 1.165) is 5.75 Å². The molecule has 1 saturated heterocycles. The zero-order chi connectivity index (χ0) is 12.3. The van der Waals surface area contributed by atoms with E-state index in [1.165, 1.54) is 5.56 Å². The van der Waals surface area contributed by atoms with Gasteiger partial charge < -0.3 is 5.32 Å². The summed E-state index contributed by atoms with van der Waals surface area (Å²) in [4.78, 5) is 22.6. The Balaban J connectivity index is 1.87. The van der Waals surface area contributed by atoms with Crippen LogP contribution in [-0.2, 0) is 10.5 Å². The highest BCUT2D eigenvalue weighted by atomic mass is 32.2. The minimum atomic E-state index is -0.781. The SMILES string of the molecule is C[C@@]1(CSCc2ccccc2)NC(=O)NC1=O. The molecule has 0 spiro atoms. The van der Waals surface area contributed by atoms with Crippen LogP contribution in [0.4, 0.5) is 4.79 Å². The maximum Gasteiger partial charge on any atom is 0.322 e. The lowest BCUT2D eigenvalue weighted by Crippen LogP contribution is -2.46. The average molecular weight is 250 g/mol. The van der Waals surface area contributed by atoms with Gasteiger partial charge in [0.15, 0.2) is 0 Å². The third-order valence-corrected chi connectivity index (χ3v) is 3.94. The molecule has 1 aliphatic rings. The molecule has 0 radical (unpaired) electrons. The van der Waals surface area contributed by atoms with Gasteiger partial charge in [0.05, 0.1) is 0 Å². The van der Waals surface area contributed by atoms with E-state index < -0.39 is 11.6 Å². The highest BCUT2D eigenvalue weighted by molar-refractivity contribution is 7.98. The second-order valence-corrected chi connectivity index (χ2v) is 5.20. The second kappa shape index (κ2) is 4.79. The number of rotatable bonds is 4. The van der Waals surface area contributed by atoms with Crippen LogP contribution in [-0.4, -0.2) is 23.2 Å². The summed E-state index contributed by atoms with van der Waals surface area (Å²) in [5, 5.41) is 4.90. The van der Waals surface area contributed by atoms with Crippen LogP contribution in [0.2, 0.25) is 0 Å². The quantitative estimate of drug-likeness (QED) is 0.797. The zero-order valence-electron chi connectivity index (χ0n) is 9.53. The fourth-order valence-corrected chi connectivity index (χ4v) is 2.77. The molecule has 1 heterocycles. The number of urea groups is 1. The molecule has 3 amide bonds. The average Bonchev–Trinajstić information content (AvgIpc) is 2.54. The molecule has 1 aromatic carbocycles. The molecule has 5 heteroatoms. The summed E-state index contributed by atoms with van der Waals surface area (Å²) in [5.74, 6) is 1.15. The molecule has 90 valence electrons. The molecule has 1 aromatic rings. The molecular formula is C12H14N2O2S. The Bertz CT molecular complexity index is 435. The third kappa shape index (κ3) is 2.79. The summed E-state index contributed by atoms with van der Waals surface area (Å²) in [6.07, 6.45) is 0. The normalized spacial score (nSPS) is 23.4. The lowest BCUT2D eigenvalue weighted by Gasteiger charge is -2.19. The van der Waals surface area contributed by atoms with Gasteiger partial charge in [0.25, 0.3) is 5.91 Å². The van der Waals surface area contributed by atoms with Gasteiger partial charge in [0.2, 0.25) is 0 Å². The number of thioether (sulfide) groups is 1. The molecule has 2 N–H and O–H groups in total. The maximum absolute atomic E-state index is 11.5. The molecule has 1 aliphatic heterocycles. The summed E-state index contributed by atoms with van der Waals surface area (Å²) in [6.45, 7) is 1.74. The topological polar surface area (TPSA) is 58.2 Å². The summed E-state index contributed by atoms with van der Waals surface area (Å²) in [5.41, 5.74) is 0.433. The Morgan fingerprint density at radius 3 is 2.53 bits per heavy atom. The van der Waals surface area contributed by atoms with Gasteiger partial charge in [-0.15, -0.1) is 0 Å². The van der Waals surface area contributed by atoms with Crippen LogP contribution >= 0.6 is 11.8 Å². The van der Waals surface area contributed by atoms with E-state index in [4.69, 9.17) is 0 Å². The monoisotopic (exact) mass is 250 g/mol.